The van der Waals surface area contributed by atoms with Gasteiger partial charge in [-0.3, -0.25) is 4.79 Å². The standard InChI is InChI=1S/C18H11Cl2N5O2/c19-11-7-6-9(8-12(11)20)16-22-13(15(21)26)14-17(24-16)25(18(27)23-14)10-4-2-1-3-5-10/h1-8H,(H2,21,26)(H,23,27). The fourth-order valence-electron chi connectivity index (χ4n) is 2.74. The first-order chi connectivity index (χ1) is 13.0. The number of rotatable bonds is 3. The largest absolute Gasteiger partial charge is 0.364 e. The third-order valence-electron chi connectivity index (χ3n) is 3.96. The maximum Gasteiger partial charge on any atom is 0.332 e. The molecule has 1 amide bonds. The second-order valence-electron chi connectivity index (χ2n) is 5.69. The Hall–Kier alpha value is -3.16. The van der Waals surface area contributed by atoms with Crippen molar-refractivity contribution in [3.63, 3.8) is 0 Å². The van der Waals surface area contributed by atoms with Crippen molar-refractivity contribution in [2.45, 2.75) is 0 Å². The number of nitrogens with two attached hydrogens (primary N) is 1. The number of aromatic nitrogens is 4. The number of H-pyrrole nitrogens is 1. The summed E-state index contributed by atoms with van der Waals surface area (Å²) < 4.78 is 1.35. The van der Waals surface area contributed by atoms with Crippen molar-refractivity contribution in [3.05, 3.63) is 74.8 Å². The number of amides is 1. The lowest BCUT2D eigenvalue weighted by Crippen LogP contribution is -2.15. The van der Waals surface area contributed by atoms with Crippen molar-refractivity contribution in [2.75, 3.05) is 0 Å². The summed E-state index contributed by atoms with van der Waals surface area (Å²) in [5.41, 5.74) is 6.44. The molecule has 134 valence electrons. The maximum absolute atomic E-state index is 12.5. The highest BCUT2D eigenvalue weighted by Gasteiger charge is 2.20. The Labute approximate surface area is 162 Å². The Morgan fingerprint density at radius 3 is 2.44 bits per heavy atom. The second kappa shape index (κ2) is 6.53. The van der Waals surface area contributed by atoms with Crippen LogP contribution in [0.4, 0.5) is 0 Å². The first-order valence-corrected chi connectivity index (χ1v) is 8.54. The van der Waals surface area contributed by atoms with Crippen LogP contribution >= 0.6 is 23.2 Å². The van der Waals surface area contributed by atoms with Crippen LogP contribution < -0.4 is 11.4 Å². The average molecular weight is 400 g/mol. The van der Waals surface area contributed by atoms with Crippen LogP contribution in [0.1, 0.15) is 10.5 Å². The molecule has 0 saturated carbocycles. The minimum Gasteiger partial charge on any atom is -0.364 e. The summed E-state index contributed by atoms with van der Waals surface area (Å²) in [6, 6.07) is 13.7. The smallest absolute Gasteiger partial charge is 0.332 e. The summed E-state index contributed by atoms with van der Waals surface area (Å²) in [5, 5.41) is 0.687. The van der Waals surface area contributed by atoms with Crippen LogP contribution in [0.25, 0.3) is 28.2 Å². The minimum absolute atomic E-state index is 0.0900. The van der Waals surface area contributed by atoms with E-state index in [1.165, 1.54) is 4.57 Å². The monoisotopic (exact) mass is 399 g/mol. The van der Waals surface area contributed by atoms with Crippen molar-refractivity contribution >= 4 is 40.3 Å². The van der Waals surface area contributed by atoms with E-state index in [1.807, 2.05) is 6.07 Å². The van der Waals surface area contributed by atoms with Crippen molar-refractivity contribution in [1.82, 2.24) is 19.5 Å². The highest BCUT2D eigenvalue weighted by Crippen LogP contribution is 2.28. The zero-order valence-corrected chi connectivity index (χ0v) is 15.1. The molecule has 2 aromatic carbocycles. The number of hydrogen-bond donors (Lipinski definition) is 2. The molecule has 0 fully saturated rings. The van der Waals surface area contributed by atoms with Gasteiger partial charge in [-0.25, -0.2) is 19.3 Å². The number of carbonyl (C=O) groups excluding carboxylic acids is 1. The Morgan fingerprint density at radius 1 is 1.04 bits per heavy atom. The highest BCUT2D eigenvalue weighted by molar-refractivity contribution is 6.42. The number of nitrogens with zero attached hydrogens (tertiary/aromatic N) is 3. The van der Waals surface area contributed by atoms with Crippen LogP contribution in [-0.2, 0) is 0 Å². The number of carbonyl (C=O) groups is 1. The van der Waals surface area contributed by atoms with Gasteiger partial charge < -0.3 is 10.7 Å². The van der Waals surface area contributed by atoms with Gasteiger partial charge in [0.25, 0.3) is 5.91 Å². The molecule has 0 bridgehead atoms. The quantitative estimate of drug-likeness (QED) is 0.551. The predicted octanol–water partition coefficient (Wildman–Crippen LogP) is 3.18. The van der Waals surface area contributed by atoms with E-state index in [0.29, 0.717) is 21.3 Å². The van der Waals surface area contributed by atoms with Gasteiger partial charge >= 0.3 is 5.69 Å². The highest BCUT2D eigenvalue weighted by atomic mass is 35.5. The molecule has 0 unspecified atom stereocenters. The summed E-state index contributed by atoms with van der Waals surface area (Å²) in [6.45, 7) is 0. The molecule has 4 aromatic rings. The summed E-state index contributed by atoms with van der Waals surface area (Å²) in [7, 11) is 0. The maximum atomic E-state index is 12.5. The molecule has 27 heavy (non-hydrogen) atoms. The zero-order valence-electron chi connectivity index (χ0n) is 13.6. The van der Waals surface area contributed by atoms with Crippen LogP contribution in [0.15, 0.2) is 53.3 Å². The van der Waals surface area contributed by atoms with E-state index in [1.54, 1.807) is 42.5 Å². The topological polar surface area (TPSA) is 107 Å². The fraction of sp³-hybridized carbons (Fsp3) is 0. The molecule has 0 saturated heterocycles. The van der Waals surface area contributed by atoms with Gasteiger partial charge in [0, 0.05) is 5.56 Å². The third kappa shape index (κ3) is 2.97. The predicted molar refractivity (Wildman–Crippen MR) is 103 cm³/mol. The molecule has 0 aliphatic carbocycles. The molecule has 0 radical (unpaired) electrons. The van der Waals surface area contributed by atoms with Crippen molar-refractivity contribution in [3.8, 4) is 17.1 Å². The zero-order chi connectivity index (χ0) is 19.1. The van der Waals surface area contributed by atoms with Gasteiger partial charge in [-0.05, 0) is 30.3 Å². The fourth-order valence-corrected chi connectivity index (χ4v) is 3.04. The van der Waals surface area contributed by atoms with E-state index in [4.69, 9.17) is 28.9 Å². The van der Waals surface area contributed by atoms with Crippen molar-refractivity contribution < 1.29 is 4.79 Å². The van der Waals surface area contributed by atoms with Crippen LogP contribution in [0.3, 0.4) is 0 Å². The number of aromatic amines is 1. The molecule has 0 aliphatic rings. The number of fused-ring (bicyclic) bond motifs is 1. The summed E-state index contributed by atoms with van der Waals surface area (Å²) in [4.78, 5) is 35.7. The molecular formula is C18H11Cl2N5O2. The van der Waals surface area contributed by atoms with Gasteiger partial charge in [-0.1, -0.05) is 41.4 Å². The van der Waals surface area contributed by atoms with Crippen molar-refractivity contribution in [1.29, 1.82) is 0 Å². The molecule has 0 spiro atoms. The number of benzene rings is 2. The lowest BCUT2D eigenvalue weighted by Gasteiger charge is -2.07. The number of hydrogen-bond acceptors (Lipinski definition) is 4. The first-order valence-electron chi connectivity index (χ1n) is 7.79. The first kappa shape index (κ1) is 17.3. The second-order valence-corrected chi connectivity index (χ2v) is 6.50. The lowest BCUT2D eigenvalue weighted by molar-refractivity contribution is 0.0997. The van der Waals surface area contributed by atoms with Gasteiger partial charge in [-0.2, -0.15) is 0 Å². The van der Waals surface area contributed by atoms with Gasteiger partial charge in [0.05, 0.1) is 15.7 Å². The van der Waals surface area contributed by atoms with Crippen LogP contribution in [-0.4, -0.2) is 25.4 Å². The Bertz CT molecular complexity index is 1250. The Morgan fingerprint density at radius 2 is 1.78 bits per heavy atom. The van der Waals surface area contributed by atoms with Crippen LogP contribution in [0, 0.1) is 0 Å². The van der Waals surface area contributed by atoms with E-state index >= 15 is 0 Å². The third-order valence-corrected chi connectivity index (χ3v) is 4.70. The molecule has 2 heterocycles. The Balaban J connectivity index is 2.06. The number of halogens is 2. The van der Waals surface area contributed by atoms with Gasteiger partial charge in [0.15, 0.2) is 17.2 Å². The van der Waals surface area contributed by atoms with Gasteiger partial charge in [0.2, 0.25) is 0 Å². The number of para-hydroxylation sites is 1. The SMILES string of the molecule is NC(=O)c1nc(-c2ccc(Cl)c(Cl)c2)nc2c1[nH]c(=O)n2-c1ccccc1. The summed E-state index contributed by atoms with van der Waals surface area (Å²) >= 11 is 12.0. The van der Waals surface area contributed by atoms with Crippen LogP contribution in [0.5, 0.6) is 0 Å². The van der Waals surface area contributed by atoms with E-state index in [9.17, 15) is 9.59 Å². The lowest BCUT2D eigenvalue weighted by atomic mass is 10.2. The minimum atomic E-state index is -0.787. The van der Waals surface area contributed by atoms with Gasteiger partial charge in [0.1, 0.15) is 5.52 Å². The molecule has 4 rings (SSSR count). The van der Waals surface area contributed by atoms with Gasteiger partial charge in [-0.15, -0.1) is 0 Å². The normalized spacial score (nSPS) is 11.0. The molecule has 9 heteroatoms. The van der Waals surface area contributed by atoms with E-state index in [-0.39, 0.29) is 22.7 Å². The molecule has 7 nitrogen and oxygen atoms in total. The molecule has 2 aromatic heterocycles. The molecular weight excluding hydrogens is 389 g/mol. The number of nitrogens with one attached hydrogen (secondary N) is 1. The number of imidazole rings is 1. The summed E-state index contributed by atoms with van der Waals surface area (Å²) in [5.74, 6) is -0.594. The van der Waals surface area contributed by atoms with E-state index in [0.717, 1.165) is 0 Å². The Kier molecular flexibility index (Phi) is 4.18. The molecule has 0 atom stereocenters. The van der Waals surface area contributed by atoms with Crippen LogP contribution in [0.2, 0.25) is 10.0 Å². The summed E-state index contributed by atoms with van der Waals surface area (Å²) in [6.07, 6.45) is 0. The van der Waals surface area contributed by atoms with E-state index in [2.05, 4.69) is 15.0 Å². The molecule has 3 N–H and O–H groups in total. The van der Waals surface area contributed by atoms with E-state index < -0.39 is 11.6 Å². The molecule has 0 aliphatic heterocycles. The average Bonchev–Trinajstić information content (AvgIpc) is 2.99. The number of primary amides is 1. The van der Waals surface area contributed by atoms with Crippen molar-refractivity contribution in [2.24, 2.45) is 5.73 Å².